The Labute approximate surface area is 134 Å². The van der Waals surface area contributed by atoms with Crippen molar-refractivity contribution < 1.29 is 0 Å². The zero-order chi connectivity index (χ0) is 15.5. The van der Waals surface area contributed by atoms with Crippen molar-refractivity contribution in [1.29, 1.82) is 0 Å². The van der Waals surface area contributed by atoms with E-state index < -0.39 is 0 Å². The van der Waals surface area contributed by atoms with Crippen LogP contribution in [-0.4, -0.2) is 36.1 Å². The molecule has 21 heavy (non-hydrogen) atoms. The highest BCUT2D eigenvalue weighted by molar-refractivity contribution is 7.10. The van der Waals surface area contributed by atoms with Gasteiger partial charge in [0.2, 0.25) is 0 Å². The zero-order valence-electron chi connectivity index (χ0n) is 14.4. The first-order valence-corrected chi connectivity index (χ1v) is 9.37. The highest BCUT2D eigenvalue weighted by Crippen LogP contribution is 2.32. The molecule has 3 heteroatoms. The van der Waals surface area contributed by atoms with Gasteiger partial charge in [0.15, 0.2) is 0 Å². The standard InChI is InChI=1S/C18H32N2S/c1-6-15-12-19-18(7-2,8-3)14-20(15)13-17(4,5)16-10-9-11-21-16/h9-11,15,19H,6-8,12-14H2,1-5H3. The number of hydrogen-bond donors (Lipinski definition) is 1. The Morgan fingerprint density at radius 2 is 2.05 bits per heavy atom. The van der Waals surface area contributed by atoms with Crippen LogP contribution in [0.1, 0.15) is 58.8 Å². The monoisotopic (exact) mass is 308 g/mol. The van der Waals surface area contributed by atoms with Crippen LogP contribution in [0.3, 0.4) is 0 Å². The van der Waals surface area contributed by atoms with Crippen molar-refractivity contribution in [3.05, 3.63) is 22.4 Å². The number of nitrogens with zero attached hydrogens (tertiary/aromatic N) is 1. The number of thiophene rings is 1. The van der Waals surface area contributed by atoms with Crippen molar-refractivity contribution in [2.75, 3.05) is 19.6 Å². The molecule has 1 unspecified atom stereocenters. The summed E-state index contributed by atoms with van der Waals surface area (Å²) in [6, 6.07) is 5.15. The van der Waals surface area contributed by atoms with Crippen LogP contribution in [0.4, 0.5) is 0 Å². The van der Waals surface area contributed by atoms with E-state index in [9.17, 15) is 0 Å². The summed E-state index contributed by atoms with van der Waals surface area (Å²) in [5.74, 6) is 0. The van der Waals surface area contributed by atoms with Gasteiger partial charge in [-0.1, -0.05) is 40.7 Å². The zero-order valence-corrected chi connectivity index (χ0v) is 15.2. The second-order valence-electron chi connectivity index (χ2n) is 7.20. The molecule has 1 aliphatic rings. The summed E-state index contributed by atoms with van der Waals surface area (Å²) in [5, 5.41) is 6.05. The Kier molecular flexibility index (Phi) is 5.50. The van der Waals surface area contributed by atoms with Gasteiger partial charge < -0.3 is 5.32 Å². The molecule has 1 atom stereocenters. The molecule has 0 aromatic carbocycles. The van der Waals surface area contributed by atoms with E-state index in [2.05, 4.69) is 62.3 Å². The van der Waals surface area contributed by atoms with E-state index in [1.54, 1.807) is 0 Å². The molecular weight excluding hydrogens is 276 g/mol. The van der Waals surface area contributed by atoms with Crippen molar-refractivity contribution in [3.63, 3.8) is 0 Å². The van der Waals surface area contributed by atoms with Crippen molar-refractivity contribution in [2.24, 2.45) is 0 Å². The molecule has 0 saturated carbocycles. The molecule has 2 heterocycles. The predicted molar refractivity (Wildman–Crippen MR) is 94.3 cm³/mol. The summed E-state index contributed by atoms with van der Waals surface area (Å²) >= 11 is 1.90. The predicted octanol–water partition coefficient (Wildman–Crippen LogP) is 4.27. The van der Waals surface area contributed by atoms with E-state index in [1.807, 2.05) is 11.3 Å². The van der Waals surface area contributed by atoms with Gasteiger partial charge in [0.1, 0.15) is 0 Å². The van der Waals surface area contributed by atoms with Crippen LogP contribution in [0.5, 0.6) is 0 Å². The van der Waals surface area contributed by atoms with Crippen LogP contribution in [0, 0.1) is 0 Å². The highest BCUT2D eigenvalue weighted by Gasteiger charge is 2.38. The number of nitrogens with one attached hydrogen (secondary N) is 1. The summed E-state index contributed by atoms with van der Waals surface area (Å²) < 4.78 is 0. The van der Waals surface area contributed by atoms with Gasteiger partial charge >= 0.3 is 0 Å². The van der Waals surface area contributed by atoms with Crippen LogP contribution in [-0.2, 0) is 5.41 Å². The lowest BCUT2D eigenvalue weighted by molar-refractivity contribution is 0.0556. The van der Waals surface area contributed by atoms with Crippen molar-refractivity contribution in [2.45, 2.75) is 70.9 Å². The van der Waals surface area contributed by atoms with Crippen molar-refractivity contribution in [3.8, 4) is 0 Å². The fraction of sp³-hybridized carbons (Fsp3) is 0.778. The molecular formula is C18H32N2S. The van der Waals surface area contributed by atoms with Gasteiger partial charge in [0.25, 0.3) is 0 Å². The summed E-state index contributed by atoms with van der Waals surface area (Å²) in [4.78, 5) is 4.26. The molecule has 2 nitrogen and oxygen atoms in total. The first kappa shape index (κ1) is 17.0. The van der Waals surface area contributed by atoms with Gasteiger partial charge in [-0.15, -0.1) is 11.3 Å². The minimum atomic E-state index is 0.242. The average Bonchev–Trinajstić information content (AvgIpc) is 3.02. The lowest BCUT2D eigenvalue weighted by atomic mass is 9.84. The molecule has 1 aliphatic heterocycles. The quantitative estimate of drug-likeness (QED) is 0.844. The Bertz CT molecular complexity index is 420. The van der Waals surface area contributed by atoms with Gasteiger partial charge in [0.05, 0.1) is 0 Å². The van der Waals surface area contributed by atoms with Gasteiger partial charge in [-0.3, -0.25) is 4.90 Å². The number of piperazine rings is 1. The Morgan fingerprint density at radius 3 is 2.57 bits per heavy atom. The Hall–Kier alpha value is -0.380. The second kappa shape index (κ2) is 6.80. The highest BCUT2D eigenvalue weighted by atomic mass is 32.1. The third-order valence-electron chi connectivity index (χ3n) is 5.35. The summed E-state index contributed by atoms with van der Waals surface area (Å²) in [6.07, 6.45) is 3.67. The van der Waals surface area contributed by atoms with Crippen molar-refractivity contribution in [1.82, 2.24) is 10.2 Å². The average molecular weight is 309 g/mol. The first-order valence-electron chi connectivity index (χ1n) is 8.49. The van der Waals surface area contributed by atoms with Crippen LogP contribution in [0.15, 0.2) is 17.5 Å². The molecule has 0 bridgehead atoms. The molecule has 1 fully saturated rings. The maximum atomic E-state index is 3.84. The number of hydrogen-bond acceptors (Lipinski definition) is 3. The van der Waals surface area contributed by atoms with Crippen LogP contribution in [0.25, 0.3) is 0 Å². The van der Waals surface area contributed by atoms with Gasteiger partial charge in [-0.25, -0.2) is 0 Å². The summed E-state index contributed by atoms with van der Waals surface area (Å²) in [5.41, 5.74) is 0.559. The Balaban J connectivity index is 2.14. The maximum Gasteiger partial charge on any atom is 0.0304 e. The fourth-order valence-corrected chi connectivity index (χ4v) is 4.44. The molecule has 1 aromatic heterocycles. The second-order valence-corrected chi connectivity index (χ2v) is 8.14. The molecule has 1 saturated heterocycles. The molecule has 120 valence electrons. The summed E-state index contributed by atoms with van der Waals surface area (Å²) in [7, 11) is 0. The molecule has 1 N–H and O–H groups in total. The SMILES string of the molecule is CCC1CNC(CC)(CC)CN1CC(C)(C)c1cccs1. The smallest absolute Gasteiger partial charge is 0.0304 e. The van der Waals surface area contributed by atoms with Crippen LogP contribution >= 0.6 is 11.3 Å². The first-order chi connectivity index (χ1) is 9.96. The third-order valence-corrected chi connectivity index (χ3v) is 6.58. The minimum absolute atomic E-state index is 0.242. The lowest BCUT2D eigenvalue weighted by Crippen LogP contribution is -2.64. The number of rotatable bonds is 6. The lowest BCUT2D eigenvalue weighted by Gasteiger charge is -2.49. The van der Waals surface area contributed by atoms with Gasteiger partial charge in [-0.05, 0) is 30.7 Å². The normalized spacial score (nSPS) is 23.4. The molecule has 1 aromatic rings. The van der Waals surface area contributed by atoms with Gasteiger partial charge in [-0.2, -0.15) is 0 Å². The topological polar surface area (TPSA) is 15.3 Å². The van der Waals surface area contributed by atoms with E-state index in [0.717, 1.165) is 13.1 Å². The molecule has 0 amide bonds. The van der Waals surface area contributed by atoms with E-state index in [0.29, 0.717) is 11.6 Å². The largest absolute Gasteiger partial charge is 0.308 e. The van der Waals surface area contributed by atoms with Crippen LogP contribution < -0.4 is 5.32 Å². The van der Waals surface area contributed by atoms with Gasteiger partial charge in [0, 0.05) is 41.5 Å². The maximum absolute atomic E-state index is 3.84. The molecule has 0 aliphatic carbocycles. The van der Waals surface area contributed by atoms with E-state index in [-0.39, 0.29) is 5.41 Å². The van der Waals surface area contributed by atoms with E-state index in [1.165, 1.54) is 30.7 Å². The molecule has 0 spiro atoms. The molecule has 0 radical (unpaired) electrons. The third kappa shape index (κ3) is 3.69. The molecule has 2 rings (SSSR count). The van der Waals surface area contributed by atoms with Crippen molar-refractivity contribution >= 4 is 11.3 Å². The van der Waals surface area contributed by atoms with E-state index in [4.69, 9.17) is 0 Å². The fourth-order valence-electron chi connectivity index (χ4n) is 3.60. The minimum Gasteiger partial charge on any atom is -0.308 e. The van der Waals surface area contributed by atoms with Crippen LogP contribution in [0.2, 0.25) is 0 Å². The summed E-state index contributed by atoms with van der Waals surface area (Å²) in [6.45, 7) is 15.3. The van der Waals surface area contributed by atoms with E-state index >= 15 is 0 Å². The Morgan fingerprint density at radius 1 is 1.33 bits per heavy atom.